The SMILES string of the molecule is CCN(NC)S(C)=O. The quantitative estimate of drug-likeness (QED) is 0.542. The van der Waals surface area contributed by atoms with Gasteiger partial charge in [-0.25, -0.2) is 9.63 Å². The van der Waals surface area contributed by atoms with E-state index in [0.717, 1.165) is 6.54 Å². The van der Waals surface area contributed by atoms with Crippen LogP contribution in [0.15, 0.2) is 0 Å². The second-order valence-electron chi connectivity index (χ2n) is 1.34. The highest BCUT2D eigenvalue weighted by Gasteiger charge is 1.98. The maximum Gasteiger partial charge on any atom is 0.105 e. The van der Waals surface area contributed by atoms with Crippen molar-refractivity contribution in [2.24, 2.45) is 0 Å². The van der Waals surface area contributed by atoms with Crippen molar-refractivity contribution in [2.45, 2.75) is 6.92 Å². The highest BCUT2D eigenvalue weighted by atomic mass is 32.2. The van der Waals surface area contributed by atoms with Crippen LogP contribution >= 0.6 is 0 Å². The Hall–Kier alpha value is 0.0700. The first kappa shape index (κ1) is 8.07. The largest absolute Gasteiger partial charge is 0.246 e. The van der Waals surface area contributed by atoms with E-state index < -0.39 is 11.0 Å². The highest BCUT2D eigenvalue weighted by molar-refractivity contribution is 7.81. The lowest BCUT2D eigenvalue weighted by molar-refractivity contribution is 0.388. The molecule has 0 saturated carbocycles. The number of nitrogens with zero attached hydrogens (tertiary/aromatic N) is 1. The molecule has 0 aliphatic heterocycles. The third-order valence-electron chi connectivity index (χ3n) is 0.847. The minimum Gasteiger partial charge on any atom is -0.246 e. The average Bonchev–Trinajstić information content (AvgIpc) is 1.69. The Morgan fingerprint density at radius 3 is 2.25 bits per heavy atom. The summed E-state index contributed by atoms with van der Waals surface area (Å²) in [4.78, 5) is 0. The van der Waals surface area contributed by atoms with Gasteiger partial charge in [0.2, 0.25) is 0 Å². The van der Waals surface area contributed by atoms with Crippen LogP contribution in [-0.4, -0.2) is 28.5 Å². The molecule has 0 amide bonds. The summed E-state index contributed by atoms with van der Waals surface area (Å²) in [5, 5.41) is 0. The topological polar surface area (TPSA) is 32.3 Å². The Bertz CT molecular complexity index is 82.1. The van der Waals surface area contributed by atoms with E-state index in [0.29, 0.717) is 0 Å². The molecule has 1 atom stereocenters. The van der Waals surface area contributed by atoms with Crippen LogP contribution in [-0.2, 0) is 11.0 Å². The zero-order valence-electron chi connectivity index (χ0n) is 5.47. The van der Waals surface area contributed by atoms with Gasteiger partial charge >= 0.3 is 0 Å². The lowest BCUT2D eigenvalue weighted by Gasteiger charge is -2.13. The van der Waals surface area contributed by atoms with Gasteiger partial charge < -0.3 is 0 Å². The second-order valence-corrected chi connectivity index (χ2v) is 2.63. The standard InChI is InChI=1S/C4H12N2OS/c1-4-6(5-2)8(3)7/h5H,4H2,1-3H3. The summed E-state index contributed by atoms with van der Waals surface area (Å²) in [7, 11) is 0.874. The fraction of sp³-hybridized carbons (Fsp3) is 1.00. The summed E-state index contributed by atoms with van der Waals surface area (Å²) in [5.41, 5.74) is 2.78. The van der Waals surface area contributed by atoms with Crippen molar-refractivity contribution in [2.75, 3.05) is 19.8 Å². The van der Waals surface area contributed by atoms with E-state index in [4.69, 9.17) is 0 Å². The lowest BCUT2D eigenvalue weighted by Crippen LogP contribution is -2.35. The number of nitrogens with one attached hydrogen (secondary N) is 1. The van der Waals surface area contributed by atoms with Crippen molar-refractivity contribution in [3.8, 4) is 0 Å². The van der Waals surface area contributed by atoms with Gasteiger partial charge in [-0.15, -0.1) is 0 Å². The van der Waals surface area contributed by atoms with Gasteiger partial charge in [0.15, 0.2) is 0 Å². The highest BCUT2D eigenvalue weighted by Crippen LogP contribution is 1.81. The molecule has 0 aromatic carbocycles. The van der Waals surface area contributed by atoms with Crippen molar-refractivity contribution in [1.29, 1.82) is 0 Å². The molecule has 1 N–H and O–H groups in total. The summed E-state index contributed by atoms with van der Waals surface area (Å²) in [6, 6.07) is 0. The maximum absolute atomic E-state index is 10.6. The first-order valence-electron chi connectivity index (χ1n) is 2.50. The molecule has 0 aromatic heterocycles. The van der Waals surface area contributed by atoms with Gasteiger partial charge in [0.05, 0.1) is 0 Å². The molecule has 0 radical (unpaired) electrons. The molecule has 0 heterocycles. The van der Waals surface area contributed by atoms with Crippen molar-refractivity contribution in [1.82, 2.24) is 9.84 Å². The molecule has 0 aromatic rings. The summed E-state index contributed by atoms with van der Waals surface area (Å²) in [5.74, 6) is 0. The van der Waals surface area contributed by atoms with Gasteiger partial charge in [-0.1, -0.05) is 0 Å². The van der Waals surface area contributed by atoms with E-state index in [1.165, 1.54) is 0 Å². The second kappa shape index (κ2) is 4.00. The first-order valence-corrected chi connectivity index (χ1v) is 4.02. The molecular weight excluding hydrogens is 124 g/mol. The minimum absolute atomic E-state index is 0.764. The van der Waals surface area contributed by atoms with E-state index in [1.54, 1.807) is 17.7 Å². The Morgan fingerprint density at radius 2 is 2.25 bits per heavy atom. The molecule has 0 rings (SSSR count). The van der Waals surface area contributed by atoms with Gasteiger partial charge in [0, 0.05) is 12.8 Å². The molecule has 8 heavy (non-hydrogen) atoms. The van der Waals surface area contributed by atoms with E-state index in [9.17, 15) is 4.21 Å². The van der Waals surface area contributed by atoms with Crippen LogP contribution in [0.2, 0.25) is 0 Å². The zero-order chi connectivity index (χ0) is 6.57. The number of hydrazine groups is 1. The minimum atomic E-state index is -0.881. The molecular formula is C4H12N2OS. The van der Waals surface area contributed by atoms with Crippen LogP contribution in [0, 0.1) is 0 Å². The number of hydrogen-bond donors (Lipinski definition) is 1. The molecule has 0 saturated heterocycles. The van der Waals surface area contributed by atoms with Crippen molar-refractivity contribution >= 4 is 11.0 Å². The Balaban J connectivity index is 3.52. The fourth-order valence-corrected chi connectivity index (χ4v) is 1.09. The lowest BCUT2D eigenvalue weighted by atomic mass is 10.8. The van der Waals surface area contributed by atoms with E-state index >= 15 is 0 Å². The molecule has 3 nitrogen and oxygen atoms in total. The molecule has 0 aliphatic carbocycles. The molecule has 0 bridgehead atoms. The van der Waals surface area contributed by atoms with E-state index in [1.807, 2.05) is 6.92 Å². The number of rotatable bonds is 3. The van der Waals surface area contributed by atoms with Crippen LogP contribution < -0.4 is 5.43 Å². The first-order chi connectivity index (χ1) is 3.72. The molecule has 0 fully saturated rings. The van der Waals surface area contributed by atoms with Gasteiger partial charge in [0.25, 0.3) is 0 Å². The van der Waals surface area contributed by atoms with Crippen molar-refractivity contribution in [3.63, 3.8) is 0 Å². The number of hydrogen-bond acceptors (Lipinski definition) is 2. The monoisotopic (exact) mass is 136 g/mol. The molecule has 1 unspecified atom stereocenters. The summed E-state index contributed by atoms with van der Waals surface area (Å²) in [6.45, 7) is 2.71. The predicted octanol–water partition coefficient (Wildman–Crippen LogP) is -0.264. The summed E-state index contributed by atoms with van der Waals surface area (Å²) in [6.07, 6.45) is 1.64. The third kappa shape index (κ3) is 2.40. The summed E-state index contributed by atoms with van der Waals surface area (Å²) < 4.78 is 12.2. The Labute approximate surface area is 52.6 Å². The molecule has 0 aliphatic rings. The van der Waals surface area contributed by atoms with Gasteiger partial charge in [-0.3, -0.25) is 0 Å². The van der Waals surface area contributed by atoms with Gasteiger partial charge in [-0.05, 0) is 14.0 Å². The van der Waals surface area contributed by atoms with Crippen molar-refractivity contribution < 1.29 is 4.21 Å². The average molecular weight is 136 g/mol. The zero-order valence-corrected chi connectivity index (χ0v) is 6.29. The predicted molar refractivity (Wildman–Crippen MR) is 35.5 cm³/mol. The van der Waals surface area contributed by atoms with Crippen LogP contribution in [0.3, 0.4) is 0 Å². The Morgan fingerprint density at radius 1 is 1.75 bits per heavy atom. The smallest absolute Gasteiger partial charge is 0.105 e. The van der Waals surface area contributed by atoms with Gasteiger partial charge in [-0.2, -0.15) is 4.41 Å². The van der Waals surface area contributed by atoms with Crippen LogP contribution in [0.1, 0.15) is 6.92 Å². The van der Waals surface area contributed by atoms with Crippen LogP contribution in [0.4, 0.5) is 0 Å². The van der Waals surface area contributed by atoms with Crippen molar-refractivity contribution in [3.05, 3.63) is 0 Å². The normalized spacial score (nSPS) is 14.5. The Kier molecular flexibility index (Phi) is 4.03. The molecule has 4 heteroatoms. The molecule has 0 spiro atoms. The van der Waals surface area contributed by atoms with Gasteiger partial charge in [0.1, 0.15) is 11.0 Å². The maximum atomic E-state index is 10.6. The van der Waals surface area contributed by atoms with Crippen LogP contribution in [0.25, 0.3) is 0 Å². The third-order valence-corrected chi connectivity index (χ3v) is 1.91. The van der Waals surface area contributed by atoms with E-state index in [-0.39, 0.29) is 0 Å². The van der Waals surface area contributed by atoms with Crippen LogP contribution in [0.5, 0.6) is 0 Å². The summed E-state index contributed by atoms with van der Waals surface area (Å²) >= 11 is 0. The molecule has 50 valence electrons. The van der Waals surface area contributed by atoms with E-state index in [2.05, 4.69) is 5.43 Å². The fourth-order valence-electron chi connectivity index (χ4n) is 0.468.